The van der Waals surface area contributed by atoms with Crippen molar-refractivity contribution >= 4 is 30.1 Å². The summed E-state index contributed by atoms with van der Waals surface area (Å²) in [6.07, 6.45) is 2.18. The Labute approximate surface area is 112 Å². The van der Waals surface area contributed by atoms with Crippen LogP contribution in [0, 0.1) is 0 Å². The summed E-state index contributed by atoms with van der Waals surface area (Å²) < 4.78 is 0. The molecule has 18 heavy (non-hydrogen) atoms. The second-order valence-corrected chi connectivity index (χ2v) is 4.70. The molecule has 0 saturated heterocycles. The van der Waals surface area contributed by atoms with E-state index in [1.54, 1.807) is 12.1 Å². The Bertz CT molecular complexity index is 474. The lowest BCUT2D eigenvalue weighted by atomic mass is 10.0. The number of fused-ring (bicyclic) bond motifs is 1. The molecule has 0 saturated carbocycles. The molecule has 1 aromatic rings. The molecule has 5 heteroatoms. The Morgan fingerprint density at radius 3 is 3.00 bits per heavy atom. The highest BCUT2D eigenvalue weighted by atomic mass is 32.1. The third-order valence-corrected chi connectivity index (χ3v) is 3.11. The van der Waals surface area contributed by atoms with Crippen LogP contribution in [0.5, 0.6) is 0 Å². The maximum Gasteiger partial charge on any atom is 0.251 e. The first-order valence-corrected chi connectivity index (χ1v) is 6.66. The van der Waals surface area contributed by atoms with Crippen LogP contribution in [0.15, 0.2) is 18.2 Å². The molecule has 96 valence electrons. The van der Waals surface area contributed by atoms with Gasteiger partial charge < -0.3 is 10.6 Å². The van der Waals surface area contributed by atoms with E-state index < -0.39 is 0 Å². The van der Waals surface area contributed by atoms with Gasteiger partial charge in [0, 0.05) is 30.0 Å². The fraction of sp³-hybridized carbons (Fsp3) is 0.385. The van der Waals surface area contributed by atoms with Crippen molar-refractivity contribution in [1.29, 1.82) is 0 Å². The van der Waals surface area contributed by atoms with E-state index in [0.29, 0.717) is 24.3 Å². The lowest BCUT2D eigenvalue weighted by Crippen LogP contribution is -2.25. The molecular weight excluding hydrogens is 248 g/mol. The molecule has 2 rings (SSSR count). The highest BCUT2D eigenvalue weighted by Gasteiger charge is 2.14. The minimum absolute atomic E-state index is 0.0426. The highest BCUT2D eigenvalue weighted by molar-refractivity contribution is 7.80. The Morgan fingerprint density at radius 1 is 1.39 bits per heavy atom. The topological polar surface area (TPSA) is 58.2 Å². The van der Waals surface area contributed by atoms with Gasteiger partial charge in [-0.2, -0.15) is 12.6 Å². The number of hydrogen-bond donors (Lipinski definition) is 3. The van der Waals surface area contributed by atoms with Gasteiger partial charge in [-0.3, -0.25) is 9.59 Å². The maximum absolute atomic E-state index is 11.8. The number of anilines is 1. The maximum atomic E-state index is 11.8. The number of hydrogen-bond acceptors (Lipinski definition) is 3. The molecular formula is C13H16N2O2S. The Balaban J connectivity index is 2.18. The third kappa shape index (κ3) is 3.04. The number of nitrogens with one attached hydrogen (secondary N) is 2. The van der Waals surface area contributed by atoms with E-state index in [2.05, 4.69) is 23.3 Å². The van der Waals surface area contributed by atoms with Crippen molar-refractivity contribution in [2.45, 2.75) is 19.3 Å². The molecule has 0 fully saturated rings. The number of carbonyl (C=O) groups is 2. The number of amides is 2. The lowest BCUT2D eigenvalue weighted by molar-refractivity contribution is -0.116. The van der Waals surface area contributed by atoms with Crippen LogP contribution in [-0.2, 0) is 11.2 Å². The molecule has 0 atom stereocenters. The fourth-order valence-corrected chi connectivity index (χ4v) is 2.10. The number of aryl methyl sites for hydroxylation is 1. The summed E-state index contributed by atoms with van der Waals surface area (Å²) in [6, 6.07) is 5.39. The summed E-state index contributed by atoms with van der Waals surface area (Å²) in [7, 11) is 0. The van der Waals surface area contributed by atoms with E-state index >= 15 is 0 Å². The average Bonchev–Trinajstić information content (AvgIpc) is 2.55. The van der Waals surface area contributed by atoms with Gasteiger partial charge in [0.1, 0.15) is 0 Å². The molecule has 2 amide bonds. The number of rotatable bonds is 3. The van der Waals surface area contributed by atoms with Crippen LogP contribution < -0.4 is 10.6 Å². The van der Waals surface area contributed by atoms with Gasteiger partial charge in [-0.15, -0.1) is 0 Å². The molecule has 0 aliphatic carbocycles. The Hall–Kier alpha value is -1.49. The van der Waals surface area contributed by atoms with Crippen molar-refractivity contribution in [2.75, 3.05) is 17.6 Å². The lowest BCUT2D eigenvalue weighted by Gasteiger charge is -2.09. The first-order valence-electron chi connectivity index (χ1n) is 6.02. The van der Waals surface area contributed by atoms with E-state index in [0.717, 1.165) is 24.1 Å². The molecule has 2 N–H and O–H groups in total. The summed E-state index contributed by atoms with van der Waals surface area (Å²) in [5, 5.41) is 5.63. The quantitative estimate of drug-likeness (QED) is 0.727. The first-order chi connectivity index (χ1) is 8.70. The zero-order valence-electron chi connectivity index (χ0n) is 10.0. The average molecular weight is 264 g/mol. The molecule has 0 bridgehead atoms. The Kier molecular flexibility index (Phi) is 4.25. The predicted octanol–water partition coefficient (Wildman–Crippen LogP) is 1.62. The van der Waals surface area contributed by atoms with Crippen molar-refractivity contribution in [2.24, 2.45) is 0 Å². The smallest absolute Gasteiger partial charge is 0.251 e. The van der Waals surface area contributed by atoms with Gasteiger partial charge in [-0.1, -0.05) is 0 Å². The van der Waals surface area contributed by atoms with Crippen molar-refractivity contribution < 1.29 is 9.59 Å². The van der Waals surface area contributed by atoms with Crippen molar-refractivity contribution in [3.8, 4) is 0 Å². The van der Waals surface area contributed by atoms with Gasteiger partial charge in [-0.05, 0) is 36.6 Å². The van der Waals surface area contributed by atoms with Gasteiger partial charge in [0.05, 0.1) is 0 Å². The minimum atomic E-state index is -0.0950. The summed E-state index contributed by atoms with van der Waals surface area (Å²) in [6.45, 7) is 0.551. The second-order valence-electron chi connectivity index (χ2n) is 4.25. The van der Waals surface area contributed by atoms with E-state index in [-0.39, 0.29) is 11.8 Å². The standard InChI is InChI=1S/C13H16N2O2S/c16-12-3-1-2-9-8-10(4-5-11(9)15-12)13(17)14-6-7-18/h4-5,8,18H,1-3,6-7H2,(H,14,17)(H,15,16). The summed E-state index contributed by atoms with van der Waals surface area (Å²) in [4.78, 5) is 23.2. The first kappa shape index (κ1) is 13.0. The molecule has 0 unspecified atom stereocenters. The number of benzene rings is 1. The molecule has 0 aromatic heterocycles. The van der Waals surface area contributed by atoms with Crippen LogP contribution in [0.2, 0.25) is 0 Å². The van der Waals surface area contributed by atoms with Gasteiger partial charge in [0.2, 0.25) is 5.91 Å². The predicted molar refractivity (Wildman–Crippen MR) is 74.2 cm³/mol. The highest BCUT2D eigenvalue weighted by Crippen LogP contribution is 2.23. The normalized spacial score (nSPS) is 14.4. The Morgan fingerprint density at radius 2 is 2.22 bits per heavy atom. The van der Waals surface area contributed by atoms with Gasteiger partial charge >= 0.3 is 0 Å². The van der Waals surface area contributed by atoms with E-state index in [1.807, 2.05) is 6.07 Å². The SMILES string of the molecule is O=C1CCCc2cc(C(=O)NCCS)ccc2N1. The van der Waals surface area contributed by atoms with Crippen LogP contribution in [0.4, 0.5) is 5.69 Å². The molecule has 0 radical (unpaired) electrons. The number of carbonyl (C=O) groups excluding carboxylic acids is 2. The molecule has 0 spiro atoms. The molecule has 1 aromatic carbocycles. The third-order valence-electron chi connectivity index (χ3n) is 2.89. The van der Waals surface area contributed by atoms with Gasteiger partial charge in [0.15, 0.2) is 0 Å². The summed E-state index contributed by atoms with van der Waals surface area (Å²) in [5.74, 6) is 0.565. The van der Waals surface area contributed by atoms with Crippen LogP contribution >= 0.6 is 12.6 Å². The summed E-state index contributed by atoms with van der Waals surface area (Å²) in [5.41, 5.74) is 2.48. The van der Waals surface area contributed by atoms with Gasteiger partial charge in [0.25, 0.3) is 5.91 Å². The van der Waals surface area contributed by atoms with Crippen LogP contribution in [0.1, 0.15) is 28.8 Å². The van der Waals surface area contributed by atoms with Crippen LogP contribution in [0.3, 0.4) is 0 Å². The van der Waals surface area contributed by atoms with Crippen molar-refractivity contribution in [3.05, 3.63) is 29.3 Å². The summed E-state index contributed by atoms with van der Waals surface area (Å²) >= 11 is 4.05. The minimum Gasteiger partial charge on any atom is -0.351 e. The monoisotopic (exact) mass is 264 g/mol. The van der Waals surface area contributed by atoms with Crippen LogP contribution in [0.25, 0.3) is 0 Å². The zero-order chi connectivity index (χ0) is 13.0. The fourth-order valence-electron chi connectivity index (χ4n) is 1.99. The van der Waals surface area contributed by atoms with Crippen molar-refractivity contribution in [3.63, 3.8) is 0 Å². The van der Waals surface area contributed by atoms with E-state index in [4.69, 9.17) is 0 Å². The molecule has 1 aliphatic rings. The van der Waals surface area contributed by atoms with E-state index in [9.17, 15) is 9.59 Å². The molecule has 1 heterocycles. The number of thiol groups is 1. The molecule has 4 nitrogen and oxygen atoms in total. The van der Waals surface area contributed by atoms with Crippen LogP contribution in [-0.4, -0.2) is 24.1 Å². The van der Waals surface area contributed by atoms with Crippen molar-refractivity contribution in [1.82, 2.24) is 5.32 Å². The van der Waals surface area contributed by atoms with E-state index in [1.165, 1.54) is 0 Å². The molecule has 1 aliphatic heterocycles. The second kappa shape index (κ2) is 5.91. The van der Waals surface area contributed by atoms with Gasteiger partial charge in [-0.25, -0.2) is 0 Å². The largest absolute Gasteiger partial charge is 0.351 e. The zero-order valence-corrected chi connectivity index (χ0v) is 10.9.